The Balaban J connectivity index is 4.75. The maximum atomic E-state index is 12.3. The van der Waals surface area contributed by atoms with E-state index in [-0.39, 0.29) is 6.61 Å². The van der Waals surface area contributed by atoms with Crippen molar-refractivity contribution in [3.8, 4) is 0 Å². The molecule has 0 heterocycles. The van der Waals surface area contributed by atoms with Crippen LogP contribution in [0.3, 0.4) is 0 Å². The first-order valence-electron chi connectivity index (χ1n) is 5.04. The summed E-state index contributed by atoms with van der Waals surface area (Å²) in [5.41, 5.74) is 0. The first-order chi connectivity index (χ1) is 8.87. The van der Waals surface area contributed by atoms with Crippen molar-refractivity contribution in [3.05, 3.63) is 0 Å². The molecule has 20 heavy (non-hydrogen) atoms. The minimum absolute atomic E-state index is 0.0910. The standard InChI is InChI=1S/C8H11Cl6O5P/c1-2-17-6(15)3-20(16,18-4-7(9,10)11)19-5-8(12,13)14/h2-5H2,1H3. The number of esters is 1. The Morgan fingerprint density at radius 3 is 1.70 bits per heavy atom. The zero-order chi connectivity index (χ0) is 16.0. The molecule has 0 spiro atoms. The van der Waals surface area contributed by atoms with Gasteiger partial charge in [-0.2, -0.15) is 0 Å². The lowest BCUT2D eigenvalue weighted by Gasteiger charge is -2.22. The molecular formula is C8H11Cl6O5P. The predicted molar refractivity (Wildman–Crippen MR) is 81.6 cm³/mol. The molecule has 120 valence electrons. The third-order valence-electron chi connectivity index (χ3n) is 1.48. The van der Waals surface area contributed by atoms with Crippen LogP contribution < -0.4 is 0 Å². The lowest BCUT2D eigenvalue weighted by atomic mass is 10.8. The van der Waals surface area contributed by atoms with E-state index in [1.807, 2.05) is 0 Å². The van der Waals surface area contributed by atoms with Crippen molar-refractivity contribution in [1.29, 1.82) is 0 Å². The molecule has 0 unspecified atom stereocenters. The van der Waals surface area contributed by atoms with Crippen LogP contribution >= 0.6 is 77.2 Å². The summed E-state index contributed by atoms with van der Waals surface area (Å²) in [4.78, 5) is 11.4. The lowest BCUT2D eigenvalue weighted by Crippen LogP contribution is -2.20. The van der Waals surface area contributed by atoms with E-state index in [2.05, 4.69) is 4.74 Å². The Kier molecular flexibility index (Phi) is 9.45. The smallest absolute Gasteiger partial charge is 0.342 e. The number of alkyl halides is 6. The van der Waals surface area contributed by atoms with Gasteiger partial charge in [-0.1, -0.05) is 69.6 Å². The zero-order valence-electron chi connectivity index (χ0n) is 10.1. The average molecular weight is 431 g/mol. The van der Waals surface area contributed by atoms with E-state index in [1.165, 1.54) is 0 Å². The quantitative estimate of drug-likeness (QED) is 0.337. The second kappa shape index (κ2) is 8.85. The van der Waals surface area contributed by atoms with Crippen molar-refractivity contribution in [2.75, 3.05) is 26.0 Å². The van der Waals surface area contributed by atoms with Gasteiger partial charge in [0.1, 0.15) is 19.4 Å². The van der Waals surface area contributed by atoms with E-state index in [1.54, 1.807) is 6.92 Å². The molecule has 0 rings (SSSR count). The van der Waals surface area contributed by atoms with Gasteiger partial charge in [0.15, 0.2) is 0 Å². The van der Waals surface area contributed by atoms with Crippen molar-refractivity contribution in [3.63, 3.8) is 0 Å². The lowest BCUT2D eigenvalue weighted by molar-refractivity contribution is -0.140. The van der Waals surface area contributed by atoms with E-state index in [9.17, 15) is 9.36 Å². The van der Waals surface area contributed by atoms with Gasteiger partial charge in [0.2, 0.25) is 7.59 Å². The predicted octanol–water partition coefficient (Wildman–Crippen LogP) is 4.52. The second-order valence-electron chi connectivity index (χ2n) is 3.35. The van der Waals surface area contributed by atoms with Gasteiger partial charge in [0, 0.05) is 0 Å². The van der Waals surface area contributed by atoms with Gasteiger partial charge in [0.05, 0.1) is 6.61 Å². The van der Waals surface area contributed by atoms with Crippen LogP contribution in [0.15, 0.2) is 0 Å². The van der Waals surface area contributed by atoms with E-state index >= 15 is 0 Å². The second-order valence-corrected chi connectivity index (χ2v) is 10.4. The molecule has 12 heteroatoms. The summed E-state index contributed by atoms with van der Waals surface area (Å²) in [7, 11) is -3.98. The molecule has 0 N–H and O–H groups in total. The molecule has 0 aromatic heterocycles. The number of carbonyl (C=O) groups excluding carboxylic acids is 1. The number of rotatable bonds is 7. The van der Waals surface area contributed by atoms with Gasteiger partial charge >= 0.3 is 13.6 Å². The molecule has 0 bridgehead atoms. The van der Waals surface area contributed by atoms with E-state index in [0.717, 1.165) is 0 Å². The molecule has 0 fully saturated rings. The maximum Gasteiger partial charge on any atom is 0.342 e. The molecule has 0 saturated carbocycles. The highest BCUT2D eigenvalue weighted by molar-refractivity contribution is 7.54. The average Bonchev–Trinajstić information content (AvgIpc) is 2.22. The Labute approximate surface area is 146 Å². The highest BCUT2D eigenvalue weighted by atomic mass is 35.6. The molecule has 0 radical (unpaired) electrons. The topological polar surface area (TPSA) is 61.8 Å². The third kappa shape index (κ3) is 12.0. The summed E-state index contributed by atoms with van der Waals surface area (Å²) in [5.74, 6) is -0.815. The first kappa shape index (κ1) is 21.4. The fourth-order valence-corrected chi connectivity index (χ4v) is 3.07. The molecular weight excluding hydrogens is 420 g/mol. The normalized spacial score (nSPS) is 13.3. The molecule has 5 nitrogen and oxygen atoms in total. The van der Waals surface area contributed by atoms with Crippen molar-refractivity contribution >= 4 is 83.2 Å². The van der Waals surface area contributed by atoms with Gasteiger partial charge in [-0.25, -0.2) is 0 Å². The summed E-state index contributed by atoms with van der Waals surface area (Å²) in [6, 6.07) is 0. The summed E-state index contributed by atoms with van der Waals surface area (Å²) in [5, 5.41) is 0. The van der Waals surface area contributed by atoms with Crippen LogP contribution in [0, 0.1) is 0 Å². The van der Waals surface area contributed by atoms with Gasteiger partial charge in [-0.15, -0.1) is 0 Å². The van der Waals surface area contributed by atoms with Crippen LogP contribution in [-0.4, -0.2) is 39.5 Å². The maximum absolute atomic E-state index is 12.3. The number of hydrogen-bond acceptors (Lipinski definition) is 5. The molecule has 0 aliphatic heterocycles. The molecule has 0 aromatic rings. The summed E-state index contributed by atoms with van der Waals surface area (Å²) < 4.78 is 23.0. The van der Waals surface area contributed by atoms with Crippen molar-refractivity contribution < 1.29 is 23.1 Å². The first-order valence-corrected chi connectivity index (χ1v) is 9.04. The van der Waals surface area contributed by atoms with Crippen molar-refractivity contribution in [2.45, 2.75) is 14.5 Å². The van der Waals surface area contributed by atoms with Crippen LogP contribution in [0.25, 0.3) is 0 Å². The number of hydrogen-bond donors (Lipinski definition) is 0. The SMILES string of the molecule is CCOC(=O)CP(=O)(OCC(Cl)(Cl)Cl)OCC(Cl)(Cl)Cl. The van der Waals surface area contributed by atoms with E-state index in [0.29, 0.717) is 0 Å². The van der Waals surface area contributed by atoms with Crippen LogP contribution in [-0.2, 0) is 23.1 Å². The van der Waals surface area contributed by atoms with E-state index < -0.39 is 40.5 Å². The Bertz CT molecular complexity index is 343. The monoisotopic (exact) mass is 428 g/mol. The minimum atomic E-state index is -3.98. The summed E-state index contributed by atoms with van der Waals surface area (Å²) >= 11 is 32.8. The zero-order valence-corrected chi connectivity index (χ0v) is 15.5. The Morgan fingerprint density at radius 2 is 1.40 bits per heavy atom. The van der Waals surface area contributed by atoms with Gasteiger partial charge in [-0.05, 0) is 6.92 Å². The molecule has 0 aliphatic carbocycles. The molecule has 0 aliphatic rings. The number of carbonyl (C=O) groups is 1. The van der Waals surface area contributed by atoms with Crippen LogP contribution in [0.1, 0.15) is 6.92 Å². The summed E-state index contributed by atoms with van der Waals surface area (Å²) in [6.07, 6.45) is -0.692. The Hall–Kier alpha value is 1.36. The van der Waals surface area contributed by atoms with Crippen molar-refractivity contribution in [1.82, 2.24) is 0 Å². The highest BCUT2D eigenvalue weighted by Gasteiger charge is 2.36. The minimum Gasteiger partial charge on any atom is -0.466 e. The molecule has 0 atom stereocenters. The van der Waals surface area contributed by atoms with Crippen LogP contribution in [0.2, 0.25) is 0 Å². The van der Waals surface area contributed by atoms with Gasteiger partial charge in [-0.3, -0.25) is 9.36 Å². The largest absolute Gasteiger partial charge is 0.466 e. The number of ether oxygens (including phenoxy) is 1. The summed E-state index contributed by atoms with van der Waals surface area (Å²) in [6.45, 7) is 0.517. The highest BCUT2D eigenvalue weighted by Crippen LogP contribution is 2.51. The molecule has 0 aromatic carbocycles. The fraction of sp³-hybridized carbons (Fsp3) is 0.875. The van der Waals surface area contributed by atoms with E-state index in [4.69, 9.17) is 78.7 Å². The molecule has 0 saturated heterocycles. The third-order valence-corrected chi connectivity index (χ3v) is 3.82. The number of halogens is 6. The fourth-order valence-electron chi connectivity index (χ4n) is 0.836. The van der Waals surface area contributed by atoms with Crippen LogP contribution in [0.5, 0.6) is 0 Å². The van der Waals surface area contributed by atoms with Gasteiger partial charge < -0.3 is 13.8 Å². The van der Waals surface area contributed by atoms with Gasteiger partial charge in [0.25, 0.3) is 0 Å². The van der Waals surface area contributed by atoms with Crippen LogP contribution in [0.4, 0.5) is 0 Å². The molecule has 0 amide bonds. The Morgan fingerprint density at radius 1 is 1.00 bits per heavy atom. The van der Waals surface area contributed by atoms with Crippen molar-refractivity contribution in [2.24, 2.45) is 0 Å².